The molecule has 0 aliphatic heterocycles. The average molecular weight is 458 g/mol. The second kappa shape index (κ2) is 9.97. The molecular formula is C24H25F3N4O2. The number of nitrogens with one attached hydrogen (secondary N) is 2. The summed E-state index contributed by atoms with van der Waals surface area (Å²) in [5.41, 5.74) is 0.122. The lowest BCUT2D eigenvalue weighted by Gasteiger charge is -2.23. The summed E-state index contributed by atoms with van der Waals surface area (Å²) in [4.78, 5) is 7.93. The van der Waals surface area contributed by atoms with Crippen molar-refractivity contribution in [1.29, 1.82) is 0 Å². The van der Waals surface area contributed by atoms with Gasteiger partial charge in [0.25, 0.3) is 0 Å². The van der Waals surface area contributed by atoms with Gasteiger partial charge in [0, 0.05) is 17.6 Å². The summed E-state index contributed by atoms with van der Waals surface area (Å²) in [6.07, 6.45) is 2.14. The van der Waals surface area contributed by atoms with E-state index in [1.807, 2.05) is 12.1 Å². The number of rotatable bonds is 7. The lowest BCUT2D eigenvalue weighted by atomic mass is 9.98. The molecule has 6 nitrogen and oxygen atoms in total. The molecule has 1 aliphatic carbocycles. The van der Waals surface area contributed by atoms with Crippen LogP contribution >= 0.6 is 0 Å². The molecule has 0 spiro atoms. The highest BCUT2D eigenvalue weighted by Gasteiger charge is 2.35. The first-order chi connectivity index (χ1) is 15.9. The Bertz CT molecular complexity index is 1050. The maximum absolute atomic E-state index is 13.5. The molecular weight excluding hydrogens is 433 g/mol. The summed E-state index contributed by atoms with van der Waals surface area (Å²) in [6.45, 7) is 0. The van der Waals surface area contributed by atoms with Crippen LogP contribution in [-0.2, 0) is 6.18 Å². The Morgan fingerprint density at radius 2 is 1.45 bits per heavy atom. The summed E-state index contributed by atoms with van der Waals surface area (Å²) in [5.74, 6) is 1.06. The van der Waals surface area contributed by atoms with Crippen molar-refractivity contribution in [3.8, 4) is 11.5 Å². The minimum atomic E-state index is -4.61. The highest BCUT2D eigenvalue weighted by Crippen LogP contribution is 2.35. The summed E-state index contributed by atoms with van der Waals surface area (Å²) >= 11 is 0. The van der Waals surface area contributed by atoms with Gasteiger partial charge in [0.1, 0.15) is 22.9 Å². The number of methoxy groups -OCH3 is 1. The predicted molar refractivity (Wildman–Crippen MR) is 121 cm³/mol. The largest absolute Gasteiger partial charge is 0.497 e. The Morgan fingerprint density at radius 3 is 2.06 bits per heavy atom. The van der Waals surface area contributed by atoms with E-state index in [0.29, 0.717) is 17.1 Å². The van der Waals surface area contributed by atoms with Gasteiger partial charge in [-0.15, -0.1) is 0 Å². The highest BCUT2D eigenvalue weighted by molar-refractivity contribution is 5.63. The van der Waals surface area contributed by atoms with Crippen molar-refractivity contribution in [2.75, 3.05) is 17.7 Å². The molecule has 2 N–H and O–H groups in total. The van der Waals surface area contributed by atoms with Crippen LogP contribution in [0.1, 0.15) is 37.7 Å². The Morgan fingerprint density at radius 1 is 0.848 bits per heavy atom. The molecule has 0 unspecified atom stereocenters. The third-order valence-corrected chi connectivity index (χ3v) is 5.41. The summed E-state index contributed by atoms with van der Waals surface area (Å²) < 4.78 is 51.6. The van der Waals surface area contributed by atoms with Gasteiger partial charge in [-0.05, 0) is 74.2 Å². The van der Waals surface area contributed by atoms with Crippen LogP contribution in [0, 0.1) is 0 Å². The van der Waals surface area contributed by atoms with Gasteiger partial charge in [-0.25, -0.2) is 4.98 Å². The maximum Gasteiger partial charge on any atom is 0.421 e. The average Bonchev–Trinajstić information content (AvgIpc) is 2.81. The second-order valence-corrected chi connectivity index (χ2v) is 7.83. The van der Waals surface area contributed by atoms with Gasteiger partial charge >= 0.3 is 6.18 Å². The summed E-state index contributed by atoms with van der Waals surface area (Å²) in [7, 11) is 1.52. The van der Waals surface area contributed by atoms with Gasteiger partial charge in [0.05, 0.1) is 13.2 Å². The number of ether oxygens (including phenoxy) is 2. The Labute approximate surface area is 190 Å². The molecule has 0 radical (unpaired) electrons. The molecule has 1 fully saturated rings. The zero-order valence-electron chi connectivity index (χ0n) is 18.2. The molecule has 0 bridgehead atoms. The van der Waals surface area contributed by atoms with Crippen LogP contribution in [0.4, 0.5) is 36.3 Å². The molecule has 2 aromatic carbocycles. The van der Waals surface area contributed by atoms with E-state index in [2.05, 4.69) is 20.6 Å². The van der Waals surface area contributed by atoms with Gasteiger partial charge in [0.15, 0.2) is 0 Å². The van der Waals surface area contributed by atoms with E-state index in [9.17, 15) is 13.2 Å². The summed E-state index contributed by atoms with van der Waals surface area (Å²) in [5, 5.41) is 5.68. The number of nitrogens with zero attached hydrogens (tertiary/aromatic N) is 2. The van der Waals surface area contributed by atoms with Crippen LogP contribution in [0.2, 0.25) is 0 Å². The molecule has 9 heteroatoms. The van der Waals surface area contributed by atoms with Crippen LogP contribution < -0.4 is 20.1 Å². The van der Waals surface area contributed by atoms with Crippen molar-refractivity contribution in [2.45, 2.75) is 44.4 Å². The van der Waals surface area contributed by atoms with Crippen molar-refractivity contribution < 1.29 is 22.6 Å². The maximum atomic E-state index is 13.5. The minimum Gasteiger partial charge on any atom is -0.497 e. The molecule has 3 aromatic rings. The van der Waals surface area contributed by atoms with Gasteiger partial charge in [-0.3, -0.25) is 0 Å². The second-order valence-electron chi connectivity index (χ2n) is 7.83. The smallest absolute Gasteiger partial charge is 0.421 e. The molecule has 0 atom stereocenters. The minimum absolute atomic E-state index is 0.0416. The summed E-state index contributed by atoms with van der Waals surface area (Å²) in [6, 6.07) is 13.7. The lowest BCUT2D eigenvalue weighted by Crippen LogP contribution is -2.19. The van der Waals surface area contributed by atoms with E-state index in [-0.39, 0.29) is 17.9 Å². The first-order valence-electron chi connectivity index (χ1n) is 10.8. The lowest BCUT2D eigenvalue weighted by molar-refractivity contribution is -0.137. The monoisotopic (exact) mass is 458 g/mol. The van der Waals surface area contributed by atoms with E-state index in [0.717, 1.165) is 24.8 Å². The fraction of sp³-hybridized carbons (Fsp3) is 0.333. The highest BCUT2D eigenvalue weighted by atomic mass is 19.4. The number of aromatic nitrogens is 2. The van der Waals surface area contributed by atoms with Crippen LogP contribution in [0.15, 0.2) is 54.7 Å². The molecule has 1 aliphatic rings. The van der Waals surface area contributed by atoms with Crippen LogP contribution in [-0.4, -0.2) is 23.2 Å². The number of halogens is 3. The molecule has 0 saturated heterocycles. The molecule has 1 aromatic heterocycles. The zero-order valence-corrected chi connectivity index (χ0v) is 18.2. The third kappa shape index (κ3) is 6.06. The van der Waals surface area contributed by atoms with Crippen molar-refractivity contribution in [3.63, 3.8) is 0 Å². The molecule has 1 saturated carbocycles. The van der Waals surface area contributed by atoms with Gasteiger partial charge in [-0.2, -0.15) is 18.2 Å². The van der Waals surface area contributed by atoms with Crippen LogP contribution in [0.5, 0.6) is 11.5 Å². The van der Waals surface area contributed by atoms with E-state index < -0.39 is 11.7 Å². The Balaban J connectivity index is 1.49. The Kier molecular flexibility index (Phi) is 6.86. The topological polar surface area (TPSA) is 68.3 Å². The first kappa shape index (κ1) is 22.7. The van der Waals surface area contributed by atoms with Crippen LogP contribution in [0.3, 0.4) is 0 Å². The quantitative estimate of drug-likeness (QED) is 0.411. The van der Waals surface area contributed by atoms with Gasteiger partial charge in [-0.1, -0.05) is 6.42 Å². The van der Waals surface area contributed by atoms with E-state index in [1.54, 1.807) is 36.4 Å². The van der Waals surface area contributed by atoms with E-state index in [1.165, 1.54) is 26.4 Å². The predicted octanol–water partition coefficient (Wildman–Crippen LogP) is 6.70. The molecule has 1 heterocycles. The van der Waals surface area contributed by atoms with E-state index >= 15 is 0 Å². The molecule has 4 rings (SSSR count). The fourth-order valence-corrected chi connectivity index (χ4v) is 3.68. The Hall–Kier alpha value is -3.49. The normalized spacial score (nSPS) is 14.5. The number of anilines is 4. The van der Waals surface area contributed by atoms with Gasteiger partial charge < -0.3 is 20.1 Å². The SMILES string of the molecule is COc1ccc(Nc2nc(Nc3ccc(OC4CCCCC4)cc3)ncc2C(F)(F)F)cc1. The number of benzene rings is 2. The van der Waals surface area contributed by atoms with Crippen LogP contribution in [0.25, 0.3) is 0 Å². The van der Waals surface area contributed by atoms with Crippen molar-refractivity contribution in [1.82, 2.24) is 9.97 Å². The number of hydrogen-bond acceptors (Lipinski definition) is 6. The van der Waals surface area contributed by atoms with Crippen molar-refractivity contribution in [2.24, 2.45) is 0 Å². The molecule has 0 amide bonds. The third-order valence-electron chi connectivity index (χ3n) is 5.41. The standard InChI is InChI=1S/C24H25F3N4O2/c1-32-18-11-7-16(8-12-18)29-22-21(24(25,26)27)15-28-23(31-22)30-17-9-13-20(14-10-17)33-19-5-3-2-4-6-19/h7-15,19H,2-6H2,1H3,(H2,28,29,30,31). The fourth-order valence-electron chi connectivity index (χ4n) is 3.68. The van der Waals surface area contributed by atoms with Gasteiger partial charge in [0.2, 0.25) is 5.95 Å². The molecule has 33 heavy (non-hydrogen) atoms. The van der Waals surface area contributed by atoms with Crippen molar-refractivity contribution in [3.05, 3.63) is 60.3 Å². The zero-order chi connectivity index (χ0) is 23.3. The molecule has 174 valence electrons. The van der Waals surface area contributed by atoms with E-state index in [4.69, 9.17) is 9.47 Å². The first-order valence-corrected chi connectivity index (χ1v) is 10.8. The number of hydrogen-bond donors (Lipinski definition) is 2. The van der Waals surface area contributed by atoms with Crippen molar-refractivity contribution >= 4 is 23.1 Å². The number of alkyl halides is 3.